The lowest BCUT2D eigenvalue weighted by molar-refractivity contribution is -0.114. The Bertz CT molecular complexity index is 856. The molecule has 0 fully saturated rings. The molecule has 1 aliphatic rings. The van der Waals surface area contributed by atoms with E-state index in [9.17, 15) is 4.79 Å². The lowest BCUT2D eigenvalue weighted by atomic mass is 9.90. The van der Waals surface area contributed by atoms with Crippen LogP contribution < -0.4 is 0 Å². The van der Waals surface area contributed by atoms with E-state index >= 15 is 0 Å². The SMILES string of the molecule is O=C1C=Cc2ccc3cc4ccccc4cc3c2C1. The predicted molar refractivity (Wildman–Crippen MR) is 79.2 cm³/mol. The van der Waals surface area contributed by atoms with Crippen LogP contribution in [0.25, 0.3) is 27.6 Å². The summed E-state index contributed by atoms with van der Waals surface area (Å²) in [6.07, 6.45) is 4.12. The smallest absolute Gasteiger partial charge is 0.160 e. The van der Waals surface area contributed by atoms with E-state index < -0.39 is 0 Å². The highest BCUT2D eigenvalue weighted by molar-refractivity contribution is 6.06. The van der Waals surface area contributed by atoms with E-state index in [0.29, 0.717) is 6.42 Å². The second-order valence-electron chi connectivity index (χ2n) is 5.03. The topological polar surface area (TPSA) is 17.1 Å². The van der Waals surface area contributed by atoms with Gasteiger partial charge in [-0.3, -0.25) is 4.79 Å². The van der Waals surface area contributed by atoms with Crippen LogP contribution in [0.2, 0.25) is 0 Å². The predicted octanol–water partition coefficient (Wildman–Crippen LogP) is 4.13. The Morgan fingerprint density at radius 1 is 0.789 bits per heavy atom. The number of fused-ring (bicyclic) bond motifs is 4. The second kappa shape index (κ2) is 3.79. The van der Waals surface area contributed by atoms with Gasteiger partial charge in [0.05, 0.1) is 0 Å². The standard InChI is InChI=1S/C18H12O/c19-16-8-7-12-5-6-15-9-13-3-1-2-4-14(13)10-17(15)18(12)11-16/h1-10H,11H2. The van der Waals surface area contributed by atoms with Gasteiger partial charge < -0.3 is 0 Å². The summed E-state index contributed by atoms with van der Waals surface area (Å²) in [6.45, 7) is 0. The number of allylic oxidation sites excluding steroid dienone is 1. The Labute approximate surface area is 111 Å². The van der Waals surface area contributed by atoms with Gasteiger partial charge in [-0.25, -0.2) is 0 Å². The molecule has 1 aliphatic carbocycles. The Morgan fingerprint density at radius 2 is 1.58 bits per heavy atom. The Kier molecular flexibility index (Phi) is 2.10. The van der Waals surface area contributed by atoms with Gasteiger partial charge in [-0.1, -0.05) is 42.5 Å². The van der Waals surface area contributed by atoms with E-state index in [1.807, 2.05) is 6.08 Å². The molecular formula is C18H12O. The zero-order valence-electron chi connectivity index (χ0n) is 10.4. The minimum Gasteiger partial charge on any atom is -0.294 e. The van der Waals surface area contributed by atoms with Crippen LogP contribution >= 0.6 is 0 Å². The molecule has 1 nitrogen and oxygen atoms in total. The first-order chi connectivity index (χ1) is 9.31. The lowest BCUT2D eigenvalue weighted by Gasteiger charge is -2.13. The first kappa shape index (κ1) is 10.5. The summed E-state index contributed by atoms with van der Waals surface area (Å²) >= 11 is 0. The molecule has 0 heterocycles. The van der Waals surface area contributed by atoms with Gasteiger partial charge in [0.1, 0.15) is 0 Å². The van der Waals surface area contributed by atoms with Crippen LogP contribution in [0.15, 0.2) is 54.6 Å². The molecule has 1 heteroatoms. The van der Waals surface area contributed by atoms with Crippen molar-refractivity contribution >= 4 is 33.4 Å². The van der Waals surface area contributed by atoms with Crippen LogP contribution in [0.3, 0.4) is 0 Å². The summed E-state index contributed by atoms with van der Waals surface area (Å²) in [5, 5.41) is 4.88. The van der Waals surface area contributed by atoms with E-state index in [4.69, 9.17) is 0 Å². The van der Waals surface area contributed by atoms with Crippen LogP contribution in [-0.2, 0) is 11.2 Å². The number of carbonyl (C=O) groups excluding carboxylic acids is 1. The molecule has 0 unspecified atom stereocenters. The molecule has 4 rings (SSSR count). The van der Waals surface area contributed by atoms with Crippen LogP contribution in [0.1, 0.15) is 11.1 Å². The summed E-state index contributed by atoms with van der Waals surface area (Å²) in [6, 6.07) is 17.0. The molecule has 90 valence electrons. The van der Waals surface area contributed by atoms with Crippen molar-refractivity contribution < 1.29 is 4.79 Å². The van der Waals surface area contributed by atoms with Crippen LogP contribution in [0.5, 0.6) is 0 Å². The number of benzene rings is 3. The number of carbonyl (C=O) groups is 1. The monoisotopic (exact) mass is 244 g/mol. The maximum atomic E-state index is 11.6. The van der Waals surface area contributed by atoms with Gasteiger partial charge in [0.15, 0.2) is 5.78 Å². The molecule has 3 aromatic carbocycles. The highest BCUT2D eigenvalue weighted by atomic mass is 16.1. The molecule has 0 N–H and O–H groups in total. The minimum atomic E-state index is 0.188. The van der Waals surface area contributed by atoms with Gasteiger partial charge in [0.2, 0.25) is 0 Å². The van der Waals surface area contributed by atoms with E-state index in [1.54, 1.807) is 6.08 Å². The third-order valence-corrected chi connectivity index (χ3v) is 3.83. The van der Waals surface area contributed by atoms with Crippen molar-refractivity contribution in [2.45, 2.75) is 6.42 Å². The molecule has 3 aromatic rings. The number of ketones is 1. The van der Waals surface area contributed by atoms with Gasteiger partial charge in [-0.2, -0.15) is 0 Å². The van der Waals surface area contributed by atoms with E-state index in [2.05, 4.69) is 48.5 Å². The number of rotatable bonds is 0. The fourth-order valence-corrected chi connectivity index (χ4v) is 2.86. The zero-order valence-corrected chi connectivity index (χ0v) is 10.4. The van der Waals surface area contributed by atoms with E-state index in [-0.39, 0.29) is 5.78 Å². The fourth-order valence-electron chi connectivity index (χ4n) is 2.86. The highest BCUT2D eigenvalue weighted by Gasteiger charge is 2.13. The van der Waals surface area contributed by atoms with Crippen molar-refractivity contribution in [3.05, 3.63) is 65.7 Å². The van der Waals surface area contributed by atoms with Crippen molar-refractivity contribution in [2.75, 3.05) is 0 Å². The third-order valence-electron chi connectivity index (χ3n) is 3.83. The van der Waals surface area contributed by atoms with Gasteiger partial charge in [-0.15, -0.1) is 0 Å². The van der Waals surface area contributed by atoms with Gasteiger partial charge >= 0.3 is 0 Å². The average Bonchev–Trinajstić information content (AvgIpc) is 2.45. The maximum Gasteiger partial charge on any atom is 0.160 e. The van der Waals surface area contributed by atoms with Crippen LogP contribution in [0.4, 0.5) is 0 Å². The van der Waals surface area contributed by atoms with Crippen LogP contribution in [-0.4, -0.2) is 5.78 Å². The minimum absolute atomic E-state index is 0.188. The largest absolute Gasteiger partial charge is 0.294 e. The van der Waals surface area contributed by atoms with Crippen molar-refractivity contribution in [3.63, 3.8) is 0 Å². The van der Waals surface area contributed by atoms with Crippen molar-refractivity contribution in [2.24, 2.45) is 0 Å². The Morgan fingerprint density at radius 3 is 2.42 bits per heavy atom. The van der Waals surface area contributed by atoms with Crippen molar-refractivity contribution in [1.82, 2.24) is 0 Å². The second-order valence-corrected chi connectivity index (χ2v) is 5.03. The normalized spacial score (nSPS) is 14.0. The maximum absolute atomic E-state index is 11.6. The lowest BCUT2D eigenvalue weighted by Crippen LogP contribution is -2.05. The van der Waals surface area contributed by atoms with Gasteiger partial charge in [0, 0.05) is 6.42 Å². The van der Waals surface area contributed by atoms with Crippen molar-refractivity contribution in [3.8, 4) is 0 Å². The molecule has 0 saturated carbocycles. The van der Waals surface area contributed by atoms with Crippen LogP contribution in [0, 0.1) is 0 Å². The quantitative estimate of drug-likeness (QED) is 0.543. The summed E-state index contributed by atoms with van der Waals surface area (Å²) < 4.78 is 0. The Balaban J connectivity index is 2.13. The molecule has 0 saturated heterocycles. The summed E-state index contributed by atoms with van der Waals surface area (Å²) in [7, 11) is 0. The molecule has 0 spiro atoms. The molecule has 0 aliphatic heterocycles. The first-order valence-corrected chi connectivity index (χ1v) is 6.46. The number of hydrogen-bond donors (Lipinski definition) is 0. The summed E-state index contributed by atoms with van der Waals surface area (Å²) in [5.41, 5.74) is 2.33. The van der Waals surface area contributed by atoms with E-state index in [0.717, 1.165) is 5.56 Å². The van der Waals surface area contributed by atoms with Gasteiger partial charge in [-0.05, 0) is 50.9 Å². The molecule has 0 amide bonds. The van der Waals surface area contributed by atoms with E-state index in [1.165, 1.54) is 27.1 Å². The van der Waals surface area contributed by atoms with Crippen molar-refractivity contribution in [1.29, 1.82) is 0 Å². The highest BCUT2D eigenvalue weighted by Crippen LogP contribution is 2.30. The molecule has 19 heavy (non-hydrogen) atoms. The van der Waals surface area contributed by atoms with Gasteiger partial charge in [0.25, 0.3) is 0 Å². The first-order valence-electron chi connectivity index (χ1n) is 6.46. The zero-order chi connectivity index (χ0) is 12.8. The molecule has 0 aromatic heterocycles. The molecule has 0 bridgehead atoms. The summed E-state index contributed by atoms with van der Waals surface area (Å²) in [5.74, 6) is 0.188. The fraction of sp³-hybridized carbons (Fsp3) is 0.0556. The Hall–Kier alpha value is -2.41. The summed E-state index contributed by atoms with van der Waals surface area (Å²) in [4.78, 5) is 11.6. The average molecular weight is 244 g/mol. The molecule has 0 radical (unpaired) electrons. The third kappa shape index (κ3) is 1.59. The molecular weight excluding hydrogens is 232 g/mol. The number of hydrogen-bond acceptors (Lipinski definition) is 1. The molecule has 0 atom stereocenters.